The van der Waals surface area contributed by atoms with Gasteiger partial charge in [0.05, 0.1) is 5.54 Å². The van der Waals surface area contributed by atoms with Gasteiger partial charge in [0.1, 0.15) is 5.54 Å². The molecule has 0 aliphatic heterocycles. The van der Waals surface area contributed by atoms with Crippen LogP contribution in [0.15, 0.2) is 0 Å². The SMILES string of the molecule is CC1CCCC(NC(=O)C(C)(C)N)(C(=O)O)C1. The maximum atomic E-state index is 11.8. The summed E-state index contributed by atoms with van der Waals surface area (Å²) in [5, 5.41) is 12.0. The molecule has 5 nitrogen and oxygen atoms in total. The molecular formula is C12H22N2O3. The second-order valence-electron chi connectivity index (χ2n) is 5.76. The van der Waals surface area contributed by atoms with Crippen LogP contribution in [0.4, 0.5) is 0 Å². The predicted molar refractivity (Wildman–Crippen MR) is 64.4 cm³/mol. The van der Waals surface area contributed by atoms with Gasteiger partial charge in [0.15, 0.2) is 0 Å². The highest BCUT2D eigenvalue weighted by Crippen LogP contribution is 2.32. The van der Waals surface area contributed by atoms with E-state index in [2.05, 4.69) is 5.32 Å². The Morgan fingerprint density at radius 1 is 1.47 bits per heavy atom. The standard InChI is InChI=1S/C12H22N2O3/c1-8-5-4-6-12(7-8,10(16)17)14-9(15)11(2,3)13/h8H,4-7,13H2,1-3H3,(H,14,15)(H,16,17). The average molecular weight is 242 g/mol. The van der Waals surface area contributed by atoms with E-state index in [1.807, 2.05) is 6.92 Å². The molecule has 0 aromatic heterocycles. The zero-order chi connectivity index (χ0) is 13.3. The van der Waals surface area contributed by atoms with Gasteiger partial charge in [0.2, 0.25) is 5.91 Å². The van der Waals surface area contributed by atoms with Crippen molar-refractivity contribution < 1.29 is 14.7 Å². The van der Waals surface area contributed by atoms with E-state index in [4.69, 9.17) is 5.73 Å². The lowest BCUT2D eigenvalue weighted by Gasteiger charge is -2.38. The number of carbonyl (C=O) groups excluding carboxylic acids is 1. The molecule has 2 atom stereocenters. The van der Waals surface area contributed by atoms with Crippen molar-refractivity contribution in [3.63, 3.8) is 0 Å². The molecule has 0 bridgehead atoms. The first-order valence-electron chi connectivity index (χ1n) is 6.02. The average Bonchev–Trinajstić information content (AvgIpc) is 2.15. The number of hydrogen-bond acceptors (Lipinski definition) is 3. The van der Waals surface area contributed by atoms with E-state index < -0.39 is 23.0 Å². The van der Waals surface area contributed by atoms with Gasteiger partial charge in [0.25, 0.3) is 0 Å². The van der Waals surface area contributed by atoms with Crippen LogP contribution in [0.5, 0.6) is 0 Å². The first-order chi connectivity index (χ1) is 7.67. The maximum absolute atomic E-state index is 11.8. The fourth-order valence-corrected chi connectivity index (χ4v) is 2.29. The van der Waals surface area contributed by atoms with Crippen LogP contribution in [0.1, 0.15) is 46.5 Å². The molecule has 0 radical (unpaired) electrons. The van der Waals surface area contributed by atoms with Gasteiger partial charge in [-0.2, -0.15) is 0 Å². The van der Waals surface area contributed by atoms with Crippen LogP contribution in [0.3, 0.4) is 0 Å². The fourth-order valence-electron chi connectivity index (χ4n) is 2.29. The lowest BCUT2D eigenvalue weighted by molar-refractivity contribution is -0.150. The zero-order valence-corrected chi connectivity index (χ0v) is 10.7. The van der Waals surface area contributed by atoms with Gasteiger partial charge in [-0.05, 0) is 32.6 Å². The van der Waals surface area contributed by atoms with Crippen molar-refractivity contribution in [3.05, 3.63) is 0 Å². The molecule has 1 amide bonds. The van der Waals surface area contributed by atoms with Crippen molar-refractivity contribution >= 4 is 11.9 Å². The molecule has 5 heteroatoms. The van der Waals surface area contributed by atoms with Crippen LogP contribution < -0.4 is 11.1 Å². The van der Waals surface area contributed by atoms with Gasteiger partial charge >= 0.3 is 5.97 Å². The molecule has 0 heterocycles. The van der Waals surface area contributed by atoms with E-state index in [0.717, 1.165) is 12.8 Å². The topological polar surface area (TPSA) is 92.4 Å². The van der Waals surface area contributed by atoms with E-state index in [-0.39, 0.29) is 0 Å². The molecule has 2 unspecified atom stereocenters. The Hall–Kier alpha value is -1.10. The third-order valence-corrected chi connectivity index (χ3v) is 3.34. The first kappa shape index (κ1) is 14.0. The summed E-state index contributed by atoms with van der Waals surface area (Å²) >= 11 is 0. The summed E-state index contributed by atoms with van der Waals surface area (Å²) < 4.78 is 0. The number of carbonyl (C=O) groups is 2. The highest BCUT2D eigenvalue weighted by Gasteiger charge is 2.44. The van der Waals surface area contributed by atoms with E-state index in [1.165, 1.54) is 0 Å². The normalized spacial score (nSPS) is 29.8. The lowest BCUT2D eigenvalue weighted by Crippen LogP contribution is -2.62. The third-order valence-electron chi connectivity index (χ3n) is 3.34. The van der Waals surface area contributed by atoms with Crippen molar-refractivity contribution in [2.45, 2.75) is 57.5 Å². The lowest BCUT2D eigenvalue weighted by atomic mass is 9.76. The Bertz CT molecular complexity index is 322. The summed E-state index contributed by atoms with van der Waals surface area (Å²) in [6.07, 6.45) is 2.79. The first-order valence-corrected chi connectivity index (χ1v) is 6.02. The summed E-state index contributed by atoms with van der Waals surface area (Å²) in [6.45, 7) is 5.16. The predicted octanol–water partition coefficient (Wildman–Crippen LogP) is 0.873. The summed E-state index contributed by atoms with van der Waals surface area (Å²) in [4.78, 5) is 23.3. The zero-order valence-electron chi connectivity index (χ0n) is 10.7. The quantitative estimate of drug-likeness (QED) is 0.684. The number of hydrogen-bond donors (Lipinski definition) is 3. The Balaban J connectivity index is 2.86. The molecule has 98 valence electrons. The molecule has 1 saturated carbocycles. The fraction of sp³-hybridized carbons (Fsp3) is 0.833. The van der Waals surface area contributed by atoms with Crippen LogP contribution in [-0.2, 0) is 9.59 Å². The van der Waals surface area contributed by atoms with Gasteiger partial charge < -0.3 is 16.2 Å². The van der Waals surface area contributed by atoms with Crippen LogP contribution in [0, 0.1) is 5.92 Å². The Morgan fingerprint density at radius 3 is 2.47 bits per heavy atom. The number of nitrogens with one attached hydrogen (secondary N) is 1. The minimum absolute atomic E-state index is 0.307. The summed E-state index contributed by atoms with van der Waals surface area (Å²) in [7, 11) is 0. The van der Waals surface area contributed by atoms with Crippen molar-refractivity contribution in [1.82, 2.24) is 5.32 Å². The van der Waals surface area contributed by atoms with Crippen molar-refractivity contribution in [2.75, 3.05) is 0 Å². The van der Waals surface area contributed by atoms with Crippen LogP contribution in [0.25, 0.3) is 0 Å². The maximum Gasteiger partial charge on any atom is 0.329 e. The second kappa shape index (κ2) is 4.64. The monoisotopic (exact) mass is 242 g/mol. The molecule has 17 heavy (non-hydrogen) atoms. The summed E-state index contributed by atoms with van der Waals surface area (Å²) in [6, 6.07) is 0. The molecule has 0 aromatic carbocycles. The minimum Gasteiger partial charge on any atom is -0.480 e. The molecule has 1 aliphatic carbocycles. The van der Waals surface area contributed by atoms with Crippen LogP contribution >= 0.6 is 0 Å². The molecule has 1 aliphatic rings. The Morgan fingerprint density at radius 2 is 2.06 bits per heavy atom. The minimum atomic E-state index is -1.13. The molecule has 0 saturated heterocycles. The molecule has 1 rings (SSSR count). The van der Waals surface area contributed by atoms with Gasteiger partial charge in [-0.15, -0.1) is 0 Å². The summed E-state index contributed by atoms with van der Waals surface area (Å²) in [5.74, 6) is -1.06. The molecule has 1 fully saturated rings. The largest absolute Gasteiger partial charge is 0.480 e. The van der Waals surface area contributed by atoms with E-state index in [9.17, 15) is 14.7 Å². The Kier molecular flexibility index (Phi) is 3.81. The van der Waals surface area contributed by atoms with Gasteiger partial charge in [-0.3, -0.25) is 4.79 Å². The number of rotatable bonds is 3. The second-order valence-corrected chi connectivity index (χ2v) is 5.76. The molecule has 0 spiro atoms. The van der Waals surface area contributed by atoms with Crippen LogP contribution in [0.2, 0.25) is 0 Å². The number of carboxylic acid groups (broad SMARTS) is 1. The third kappa shape index (κ3) is 3.19. The highest BCUT2D eigenvalue weighted by molar-refractivity contribution is 5.91. The van der Waals surface area contributed by atoms with Crippen molar-refractivity contribution in [1.29, 1.82) is 0 Å². The van der Waals surface area contributed by atoms with Gasteiger partial charge in [-0.1, -0.05) is 19.8 Å². The van der Waals surface area contributed by atoms with Gasteiger partial charge in [0, 0.05) is 0 Å². The number of aliphatic carboxylic acids is 1. The highest BCUT2D eigenvalue weighted by atomic mass is 16.4. The van der Waals surface area contributed by atoms with Gasteiger partial charge in [-0.25, -0.2) is 4.79 Å². The molecule has 0 aromatic rings. The van der Waals surface area contributed by atoms with Crippen LogP contribution in [-0.4, -0.2) is 28.1 Å². The smallest absolute Gasteiger partial charge is 0.329 e. The number of nitrogens with two attached hydrogens (primary N) is 1. The molecule has 4 N–H and O–H groups in total. The van der Waals surface area contributed by atoms with Crippen molar-refractivity contribution in [3.8, 4) is 0 Å². The number of amides is 1. The van der Waals surface area contributed by atoms with E-state index >= 15 is 0 Å². The summed E-state index contributed by atoms with van der Waals surface area (Å²) in [5.41, 5.74) is 3.50. The van der Waals surface area contributed by atoms with E-state index in [0.29, 0.717) is 18.8 Å². The van der Waals surface area contributed by atoms with Crippen molar-refractivity contribution in [2.24, 2.45) is 11.7 Å². The Labute approximate surface area is 102 Å². The molecular weight excluding hydrogens is 220 g/mol. The number of carboxylic acids is 1. The van der Waals surface area contributed by atoms with E-state index in [1.54, 1.807) is 13.8 Å².